The van der Waals surface area contributed by atoms with E-state index in [4.69, 9.17) is 0 Å². The lowest BCUT2D eigenvalue weighted by molar-refractivity contribution is -0.122. The molecule has 1 unspecified atom stereocenters. The Bertz CT molecular complexity index is 386. The van der Waals surface area contributed by atoms with Gasteiger partial charge in [-0.25, -0.2) is 0 Å². The number of aryl methyl sites for hydroxylation is 1. The predicted molar refractivity (Wildman–Crippen MR) is 80.8 cm³/mol. The number of hydrogen-bond donors (Lipinski definition) is 2. The fourth-order valence-electron chi connectivity index (χ4n) is 2.30. The maximum absolute atomic E-state index is 11.8. The summed E-state index contributed by atoms with van der Waals surface area (Å²) in [4.78, 5) is 11.8. The second-order valence-corrected chi connectivity index (χ2v) is 4.86. The normalized spacial score (nSPS) is 17.8. The molecule has 19 heavy (non-hydrogen) atoms. The monoisotopic (exact) mass is 282 g/mol. The van der Waals surface area contributed by atoms with Crippen molar-refractivity contribution in [2.24, 2.45) is 0 Å². The Hall–Kier alpha value is -1.06. The third-order valence-corrected chi connectivity index (χ3v) is 3.52. The van der Waals surface area contributed by atoms with Gasteiger partial charge in [-0.3, -0.25) is 4.79 Å². The molecule has 4 heteroatoms. The van der Waals surface area contributed by atoms with E-state index in [2.05, 4.69) is 41.8 Å². The highest BCUT2D eigenvalue weighted by atomic mass is 35.5. The molecule has 0 radical (unpaired) electrons. The summed E-state index contributed by atoms with van der Waals surface area (Å²) in [5.74, 6) is 0.151. The summed E-state index contributed by atoms with van der Waals surface area (Å²) in [5, 5.41) is 6.21. The van der Waals surface area contributed by atoms with Crippen LogP contribution in [0.25, 0.3) is 0 Å². The van der Waals surface area contributed by atoms with Gasteiger partial charge in [-0.2, -0.15) is 0 Å². The maximum Gasteiger partial charge on any atom is 0.237 e. The summed E-state index contributed by atoms with van der Waals surface area (Å²) in [6.45, 7) is 3.85. The molecule has 0 aliphatic carbocycles. The molecule has 1 aliphatic rings. The van der Waals surface area contributed by atoms with Crippen LogP contribution in [-0.4, -0.2) is 25.0 Å². The van der Waals surface area contributed by atoms with Crippen LogP contribution in [0.15, 0.2) is 24.3 Å². The Morgan fingerprint density at radius 3 is 2.58 bits per heavy atom. The molecule has 0 saturated carbocycles. The van der Waals surface area contributed by atoms with E-state index in [1.54, 1.807) is 0 Å². The molecule has 0 spiro atoms. The van der Waals surface area contributed by atoms with E-state index in [9.17, 15) is 4.79 Å². The highest BCUT2D eigenvalue weighted by Crippen LogP contribution is 2.06. The zero-order valence-corrected chi connectivity index (χ0v) is 12.3. The molecule has 1 saturated heterocycles. The molecule has 3 nitrogen and oxygen atoms in total. The Morgan fingerprint density at radius 1 is 1.32 bits per heavy atom. The first-order chi connectivity index (χ1) is 8.79. The van der Waals surface area contributed by atoms with Gasteiger partial charge in [-0.1, -0.05) is 31.2 Å². The van der Waals surface area contributed by atoms with E-state index in [1.807, 2.05) is 0 Å². The minimum atomic E-state index is 0. The zero-order valence-electron chi connectivity index (χ0n) is 11.4. The molecule has 0 aromatic heterocycles. The number of rotatable bonds is 5. The van der Waals surface area contributed by atoms with Crippen molar-refractivity contribution < 1.29 is 4.79 Å². The molecular weight excluding hydrogens is 260 g/mol. The zero-order chi connectivity index (χ0) is 12.8. The van der Waals surface area contributed by atoms with Crippen LogP contribution >= 0.6 is 12.4 Å². The van der Waals surface area contributed by atoms with Gasteiger partial charge in [0.1, 0.15) is 0 Å². The number of nitrogens with one attached hydrogen (secondary N) is 2. The van der Waals surface area contributed by atoms with E-state index >= 15 is 0 Å². The van der Waals surface area contributed by atoms with Crippen LogP contribution in [0.1, 0.15) is 30.9 Å². The van der Waals surface area contributed by atoms with Crippen molar-refractivity contribution in [1.29, 1.82) is 0 Å². The first-order valence-corrected chi connectivity index (χ1v) is 6.88. The van der Waals surface area contributed by atoms with E-state index < -0.39 is 0 Å². The van der Waals surface area contributed by atoms with Crippen molar-refractivity contribution in [3.8, 4) is 0 Å². The van der Waals surface area contributed by atoms with Crippen LogP contribution in [0.3, 0.4) is 0 Å². The van der Waals surface area contributed by atoms with Crippen molar-refractivity contribution in [3.63, 3.8) is 0 Å². The molecule has 106 valence electrons. The quantitative estimate of drug-likeness (QED) is 0.868. The average molecular weight is 283 g/mol. The minimum absolute atomic E-state index is 0. The second kappa shape index (κ2) is 8.18. The number of hydrogen-bond acceptors (Lipinski definition) is 2. The maximum atomic E-state index is 11.8. The standard InChI is InChI=1S/C15H22N2O.ClH/c1-2-12-5-7-13(8-6-12)9-11-17-15(18)14-4-3-10-16-14;/h5-8,14,16H,2-4,9-11H2,1H3,(H,17,18);1H. The smallest absolute Gasteiger partial charge is 0.237 e. The Labute approximate surface area is 121 Å². The van der Waals surface area contributed by atoms with Gasteiger partial charge < -0.3 is 10.6 Å². The molecule has 1 aromatic carbocycles. The van der Waals surface area contributed by atoms with Crippen LogP contribution in [-0.2, 0) is 17.6 Å². The fraction of sp³-hybridized carbons (Fsp3) is 0.533. The van der Waals surface area contributed by atoms with Gasteiger partial charge in [0.2, 0.25) is 5.91 Å². The van der Waals surface area contributed by atoms with Crippen molar-refractivity contribution >= 4 is 18.3 Å². The number of halogens is 1. The summed E-state index contributed by atoms with van der Waals surface area (Å²) in [5.41, 5.74) is 2.64. The lowest BCUT2D eigenvalue weighted by atomic mass is 10.1. The van der Waals surface area contributed by atoms with Crippen LogP contribution in [0.4, 0.5) is 0 Å². The molecule has 1 amide bonds. The van der Waals surface area contributed by atoms with Crippen molar-refractivity contribution in [1.82, 2.24) is 10.6 Å². The summed E-state index contributed by atoms with van der Waals surface area (Å²) >= 11 is 0. The van der Waals surface area contributed by atoms with Gasteiger partial charge in [0.05, 0.1) is 6.04 Å². The molecule has 1 fully saturated rings. The third kappa shape index (κ3) is 4.84. The molecule has 1 heterocycles. The third-order valence-electron chi connectivity index (χ3n) is 3.52. The van der Waals surface area contributed by atoms with Gasteiger partial charge in [-0.05, 0) is 43.4 Å². The molecule has 1 atom stereocenters. The van der Waals surface area contributed by atoms with Gasteiger partial charge in [0.25, 0.3) is 0 Å². The predicted octanol–water partition coefficient (Wildman–Crippen LogP) is 2.08. The summed E-state index contributed by atoms with van der Waals surface area (Å²) in [7, 11) is 0. The number of amides is 1. The van der Waals surface area contributed by atoms with Gasteiger partial charge in [-0.15, -0.1) is 12.4 Å². The first kappa shape index (κ1) is 16.0. The Kier molecular flexibility index (Phi) is 6.89. The lowest BCUT2D eigenvalue weighted by Crippen LogP contribution is -2.41. The molecule has 2 N–H and O–H groups in total. The summed E-state index contributed by atoms with van der Waals surface area (Å²) in [6, 6.07) is 8.66. The summed E-state index contributed by atoms with van der Waals surface area (Å²) in [6.07, 6.45) is 4.06. The molecule has 2 rings (SSSR count). The van der Waals surface area contributed by atoms with Crippen LogP contribution in [0.5, 0.6) is 0 Å². The van der Waals surface area contributed by atoms with Gasteiger partial charge in [0.15, 0.2) is 0 Å². The largest absolute Gasteiger partial charge is 0.354 e. The van der Waals surface area contributed by atoms with E-state index in [0.29, 0.717) is 0 Å². The number of benzene rings is 1. The highest BCUT2D eigenvalue weighted by molar-refractivity contribution is 5.85. The van der Waals surface area contributed by atoms with E-state index in [1.165, 1.54) is 11.1 Å². The molecule has 1 aromatic rings. The van der Waals surface area contributed by atoms with Gasteiger partial charge >= 0.3 is 0 Å². The lowest BCUT2D eigenvalue weighted by Gasteiger charge is -2.11. The fourth-order valence-corrected chi connectivity index (χ4v) is 2.30. The number of carbonyl (C=O) groups is 1. The van der Waals surface area contributed by atoms with Crippen LogP contribution < -0.4 is 10.6 Å². The van der Waals surface area contributed by atoms with Crippen LogP contribution in [0, 0.1) is 0 Å². The molecular formula is C15H23ClN2O. The molecule has 1 aliphatic heterocycles. The van der Waals surface area contributed by atoms with Crippen molar-refractivity contribution in [2.75, 3.05) is 13.1 Å². The van der Waals surface area contributed by atoms with E-state index in [0.717, 1.165) is 38.8 Å². The first-order valence-electron chi connectivity index (χ1n) is 6.88. The Balaban J connectivity index is 0.00000180. The van der Waals surface area contributed by atoms with Gasteiger partial charge in [0, 0.05) is 6.54 Å². The minimum Gasteiger partial charge on any atom is -0.354 e. The topological polar surface area (TPSA) is 41.1 Å². The van der Waals surface area contributed by atoms with Crippen molar-refractivity contribution in [3.05, 3.63) is 35.4 Å². The Morgan fingerprint density at radius 2 is 2.00 bits per heavy atom. The highest BCUT2D eigenvalue weighted by Gasteiger charge is 2.20. The molecule has 0 bridgehead atoms. The number of carbonyl (C=O) groups excluding carboxylic acids is 1. The average Bonchev–Trinajstić information content (AvgIpc) is 2.93. The van der Waals surface area contributed by atoms with E-state index in [-0.39, 0.29) is 24.4 Å². The van der Waals surface area contributed by atoms with Crippen molar-refractivity contribution in [2.45, 2.75) is 38.6 Å². The van der Waals surface area contributed by atoms with Crippen LogP contribution in [0.2, 0.25) is 0 Å². The SMILES string of the molecule is CCc1ccc(CCNC(=O)C2CCCN2)cc1.Cl. The second-order valence-electron chi connectivity index (χ2n) is 4.86. The summed E-state index contributed by atoms with van der Waals surface area (Å²) < 4.78 is 0.